The minimum atomic E-state index is -4.88. The molecule has 0 saturated carbocycles. The number of carbonyl (C=O) groups is 1. The Morgan fingerprint density at radius 3 is 2.19 bits per heavy atom. The summed E-state index contributed by atoms with van der Waals surface area (Å²) in [6.45, 7) is 7.96. The smallest absolute Gasteiger partial charge is 0.324 e. The van der Waals surface area contributed by atoms with Gasteiger partial charge in [-0.3, -0.25) is 10.2 Å². The molecule has 2 aromatic rings. The second-order valence-electron chi connectivity index (χ2n) is 6.92. The molecule has 1 amide bonds. The molecule has 2 N–H and O–H groups in total. The summed E-state index contributed by atoms with van der Waals surface area (Å²) in [6.07, 6.45) is -5.53. The van der Waals surface area contributed by atoms with Gasteiger partial charge in [-0.1, -0.05) is 6.07 Å². The maximum Gasteiger partial charge on any atom is 0.407 e. The van der Waals surface area contributed by atoms with Crippen LogP contribution in [0.2, 0.25) is 0 Å². The first-order chi connectivity index (χ1) is 14.8. The summed E-state index contributed by atoms with van der Waals surface area (Å²) in [5.74, 6) is -12.0. The van der Waals surface area contributed by atoms with E-state index >= 15 is 0 Å². The average molecular weight is 462 g/mol. The molecule has 1 atom stereocenters. The van der Waals surface area contributed by atoms with Crippen LogP contribution in [-0.4, -0.2) is 17.2 Å². The summed E-state index contributed by atoms with van der Waals surface area (Å²) in [5, 5.41) is 5.64. The lowest BCUT2D eigenvalue weighted by molar-refractivity contribution is -0.136. The van der Waals surface area contributed by atoms with Gasteiger partial charge in [-0.25, -0.2) is 26.8 Å². The van der Waals surface area contributed by atoms with Crippen molar-refractivity contribution in [1.29, 1.82) is 0 Å². The van der Waals surface area contributed by atoms with Gasteiger partial charge in [0.25, 0.3) is 5.91 Å². The highest BCUT2D eigenvalue weighted by Crippen LogP contribution is 2.38. The summed E-state index contributed by atoms with van der Waals surface area (Å²) >= 11 is 0. The summed E-state index contributed by atoms with van der Waals surface area (Å²) in [7, 11) is 0. The summed E-state index contributed by atoms with van der Waals surface area (Å²) in [4.78, 5) is 15.4. The van der Waals surface area contributed by atoms with Crippen molar-refractivity contribution in [2.75, 3.05) is 5.32 Å². The quantitative estimate of drug-likeness (QED) is 0.291. The molecule has 1 heterocycles. The van der Waals surface area contributed by atoms with Crippen molar-refractivity contribution in [1.82, 2.24) is 5.43 Å². The molecule has 5 nitrogen and oxygen atoms in total. The number of carbonyl (C=O) groups excluding carboxylic acids is 1. The average Bonchev–Trinajstić information content (AvgIpc) is 3.13. The number of hydrogen-bond donors (Lipinski definition) is 2. The number of nitrogens with one attached hydrogen (secondary N) is 2. The highest BCUT2D eigenvalue weighted by Gasteiger charge is 2.42. The maximum atomic E-state index is 14.0. The number of nitrogens with zero attached hydrogens (tertiary/aromatic N) is 2. The van der Waals surface area contributed by atoms with Crippen LogP contribution in [0, 0.1) is 35.7 Å². The summed E-state index contributed by atoms with van der Waals surface area (Å²) < 4.78 is 107. The van der Waals surface area contributed by atoms with Gasteiger partial charge in [-0.05, 0) is 19.1 Å². The van der Waals surface area contributed by atoms with Crippen LogP contribution in [0.15, 0.2) is 23.3 Å². The molecule has 0 radical (unpaired) electrons. The van der Waals surface area contributed by atoms with E-state index in [1.807, 2.05) is 0 Å². The van der Waals surface area contributed by atoms with Gasteiger partial charge >= 0.3 is 6.18 Å². The SMILES string of the molecule is [C-]#[N+]c1ccc(NC(=O)C2(C)CC(c3c(F)c(F)c(F)c(F)c3F)=NN2)cc1C(F)(F)F. The zero-order valence-electron chi connectivity index (χ0n) is 15.8. The summed E-state index contributed by atoms with van der Waals surface area (Å²) in [5.41, 5.74) is -3.91. The normalized spacial score (nSPS) is 18.1. The number of rotatable bonds is 3. The lowest BCUT2D eigenvalue weighted by Gasteiger charge is -2.23. The largest absolute Gasteiger partial charge is 0.407 e. The molecule has 32 heavy (non-hydrogen) atoms. The van der Waals surface area contributed by atoms with E-state index in [0.717, 1.165) is 19.1 Å². The van der Waals surface area contributed by atoms with Crippen LogP contribution in [0.4, 0.5) is 46.5 Å². The molecule has 168 valence electrons. The standard InChI is InChI=1S/C19H10F8N4O/c1-18(17(32)29-7-3-4-9(28-2)8(5-7)19(25,26)27)6-10(30-31-18)11-12(20)14(22)16(24)15(23)13(11)21/h3-5,31H,6H2,1H3,(H,29,32). The first-order valence-corrected chi connectivity index (χ1v) is 8.56. The molecule has 0 spiro atoms. The highest BCUT2D eigenvalue weighted by molar-refractivity contribution is 6.09. The van der Waals surface area contributed by atoms with E-state index in [-0.39, 0.29) is 5.69 Å². The predicted octanol–water partition coefficient (Wildman–Crippen LogP) is 5.05. The molecule has 13 heteroatoms. The van der Waals surface area contributed by atoms with Crippen molar-refractivity contribution in [2.45, 2.75) is 25.1 Å². The van der Waals surface area contributed by atoms with E-state index in [1.165, 1.54) is 0 Å². The number of alkyl halides is 3. The molecule has 0 saturated heterocycles. The fourth-order valence-electron chi connectivity index (χ4n) is 2.95. The molecule has 0 aromatic heterocycles. The maximum absolute atomic E-state index is 14.0. The molecule has 3 rings (SSSR count). The third-order valence-corrected chi connectivity index (χ3v) is 4.64. The van der Waals surface area contributed by atoms with Crippen LogP contribution in [-0.2, 0) is 11.0 Å². The van der Waals surface area contributed by atoms with Gasteiger partial charge in [0.2, 0.25) is 5.82 Å². The van der Waals surface area contributed by atoms with Crippen molar-refractivity contribution < 1.29 is 39.9 Å². The van der Waals surface area contributed by atoms with Crippen LogP contribution in [0.3, 0.4) is 0 Å². The van der Waals surface area contributed by atoms with E-state index in [1.54, 1.807) is 0 Å². The Morgan fingerprint density at radius 1 is 1.09 bits per heavy atom. The number of hydrazone groups is 1. The molecule has 2 aromatic carbocycles. The van der Waals surface area contributed by atoms with Crippen molar-refractivity contribution in [3.63, 3.8) is 0 Å². The van der Waals surface area contributed by atoms with E-state index < -0.39 is 75.7 Å². The van der Waals surface area contributed by atoms with Gasteiger partial charge in [0.15, 0.2) is 29.0 Å². The zero-order valence-corrected chi connectivity index (χ0v) is 15.8. The Hall–Kier alpha value is -3.69. The predicted molar refractivity (Wildman–Crippen MR) is 95.3 cm³/mol. The van der Waals surface area contributed by atoms with E-state index in [9.17, 15) is 39.9 Å². The van der Waals surface area contributed by atoms with Gasteiger partial charge in [0.1, 0.15) is 5.54 Å². The lowest BCUT2D eigenvalue weighted by Crippen LogP contribution is -2.47. The first-order valence-electron chi connectivity index (χ1n) is 8.56. The fourth-order valence-corrected chi connectivity index (χ4v) is 2.95. The number of anilines is 1. The van der Waals surface area contributed by atoms with Crippen LogP contribution in [0.1, 0.15) is 24.5 Å². The molecule has 0 fully saturated rings. The van der Waals surface area contributed by atoms with Crippen LogP contribution >= 0.6 is 0 Å². The minimum Gasteiger partial charge on any atom is -0.324 e. The van der Waals surface area contributed by atoms with Gasteiger partial charge < -0.3 is 5.32 Å². The first kappa shape index (κ1) is 23.0. The van der Waals surface area contributed by atoms with Crippen molar-refractivity contribution in [3.8, 4) is 0 Å². The third kappa shape index (κ3) is 3.83. The lowest BCUT2D eigenvalue weighted by atomic mass is 9.92. The van der Waals surface area contributed by atoms with Gasteiger partial charge in [0, 0.05) is 12.1 Å². The minimum absolute atomic E-state index is 0.345. The van der Waals surface area contributed by atoms with E-state index in [2.05, 4.69) is 20.7 Å². The Labute approximate surface area is 174 Å². The van der Waals surface area contributed by atoms with Crippen molar-refractivity contribution in [3.05, 3.63) is 69.8 Å². The molecule has 1 aliphatic rings. The Bertz CT molecular complexity index is 1170. The Kier molecular flexibility index (Phi) is 5.58. The van der Waals surface area contributed by atoms with Crippen molar-refractivity contribution in [2.24, 2.45) is 5.10 Å². The molecule has 0 bridgehead atoms. The van der Waals surface area contributed by atoms with Gasteiger partial charge in [-0.15, -0.1) is 0 Å². The van der Waals surface area contributed by atoms with Gasteiger partial charge in [0.05, 0.1) is 23.4 Å². The summed E-state index contributed by atoms with van der Waals surface area (Å²) in [6, 6.07) is 2.40. The van der Waals surface area contributed by atoms with Gasteiger partial charge in [-0.2, -0.15) is 18.3 Å². The number of amides is 1. The molecular weight excluding hydrogens is 452 g/mol. The molecule has 0 aliphatic carbocycles. The van der Waals surface area contributed by atoms with E-state index in [0.29, 0.717) is 6.07 Å². The molecule has 1 aliphatic heterocycles. The molecular formula is C19H10F8N4O. The Morgan fingerprint density at radius 2 is 1.66 bits per heavy atom. The monoisotopic (exact) mass is 462 g/mol. The van der Waals surface area contributed by atoms with Crippen LogP contribution < -0.4 is 10.7 Å². The second kappa shape index (κ2) is 7.77. The number of halogens is 8. The van der Waals surface area contributed by atoms with Crippen LogP contribution in [0.25, 0.3) is 4.85 Å². The van der Waals surface area contributed by atoms with Crippen LogP contribution in [0.5, 0.6) is 0 Å². The van der Waals surface area contributed by atoms with E-state index in [4.69, 9.17) is 6.57 Å². The topological polar surface area (TPSA) is 57.9 Å². The third-order valence-electron chi connectivity index (χ3n) is 4.64. The number of benzene rings is 2. The second-order valence-corrected chi connectivity index (χ2v) is 6.92. The molecule has 1 unspecified atom stereocenters. The van der Waals surface area contributed by atoms with Crippen molar-refractivity contribution >= 4 is 23.0 Å². The fraction of sp³-hybridized carbons (Fsp3) is 0.211. The zero-order chi connectivity index (χ0) is 24.0. The number of hydrogen-bond acceptors (Lipinski definition) is 3. The Balaban J connectivity index is 1.87. The highest BCUT2D eigenvalue weighted by atomic mass is 19.4.